The second kappa shape index (κ2) is 7.62. The Balaban J connectivity index is 3.84. The highest BCUT2D eigenvalue weighted by molar-refractivity contribution is 7.87. The molecule has 0 aliphatic heterocycles. The van der Waals surface area contributed by atoms with Gasteiger partial charge >= 0.3 is 45.3 Å². The summed E-state index contributed by atoms with van der Waals surface area (Å²) in [6.45, 7) is 3.86. The summed E-state index contributed by atoms with van der Waals surface area (Å²) in [4.78, 5) is 23.2. The lowest BCUT2D eigenvalue weighted by Gasteiger charge is -2.47. The van der Waals surface area contributed by atoms with Gasteiger partial charge in [0.05, 0.1) is 0 Å². The largest absolute Gasteiger partial charge is 0.465 e. The first kappa shape index (κ1) is 26.1. The lowest BCUT2D eigenvalue weighted by Crippen LogP contribution is -2.73. The molecule has 1 N–H and O–H groups in total. The maximum Gasteiger partial charge on any atom is 0.465 e. The fourth-order valence-electron chi connectivity index (χ4n) is 2.93. The highest BCUT2D eigenvalue weighted by atomic mass is 32.2. The number of hydrogen-bond acceptors (Lipinski definition) is 6. The van der Waals surface area contributed by atoms with Crippen molar-refractivity contribution >= 4 is 22.1 Å². The summed E-state index contributed by atoms with van der Waals surface area (Å²) in [6.07, 6.45) is -16.7. The first-order valence-electron chi connectivity index (χ1n) is 7.77. The normalized spacial score (nSPS) is 18.1. The molecule has 0 aromatic carbocycles. The fourth-order valence-corrected chi connectivity index (χ4v) is 3.18. The number of halogens is 8. The minimum atomic E-state index is -6.81. The molecule has 7 nitrogen and oxygen atoms in total. The second-order valence-corrected chi connectivity index (χ2v) is 7.89. The van der Waals surface area contributed by atoms with Crippen molar-refractivity contribution in [2.45, 2.75) is 61.4 Å². The lowest BCUT2D eigenvalue weighted by atomic mass is 9.79. The third-order valence-corrected chi connectivity index (χ3v) is 5.11. The van der Waals surface area contributed by atoms with E-state index in [1.807, 2.05) is 0 Å². The molecule has 1 saturated carbocycles. The van der Waals surface area contributed by atoms with Crippen molar-refractivity contribution in [3.8, 4) is 0 Å². The van der Waals surface area contributed by atoms with Crippen LogP contribution in [0.25, 0.3) is 0 Å². The first-order valence-corrected chi connectivity index (χ1v) is 9.21. The van der Waals surface area contributed by atoms with Gasteiger partial charge in [-0.1, -0.05) is 6.58 Å². The van der Waals surface area contributed by atoms with E-state index in [2.05, 4.69) is 16.1 Å². The molecule has 1 rings (SSSR count). The van der Waals surface area contributed by atoms with E-state index in [4.69, 9.17) is 4.55 Å². The molecule has 30 heavy (non-hydrogen) atoms. The zero-order valence-electron chi connectivity index (χ0n) is 14.9. The maximum atomic E-state index is 13.8. The Morgan fingerprint density at radius 1 is 0.967 bits per heavy atom. The molecule has 0 heterocycles. The zero-order chi connectivity index (χ0) is 24.0. The van der Waals surface area contributed by atoms with Crippen molar-refractivity contribution < 1.29 is 67.2 Å². The first-order chi connectivity index (χ1) is 13.2. The van der Waals surface area contributed by atoms with Gasteiger partial charge in [-0.25, -0.2) is 9.59 Å². The van der Waals surface area contributed by atoms with Crippen LogP contribution in [0.3, 0.4) is 0 Å². The van der Waals surface area contributed by atoms with Crippen LogP contribution in [0.1, 0.15) is 32.6 Å². The molecule has 16 heteroatoms. The van der Waals surface area contributed by atoms with Crippen LogP contribution in [0.2, 0.25) is 0 Å². The van der Waals surface area contributed by atoms with Gasteiger partial charge in [-0.2, -0.15) is 43.5 Å². The number of esters is 2. The minimum Gasteiger partial charge on any atom is -0.451 e. The maximum absolute atomic E-state index is 13.8. The van der Waals surface area contributed by atoms with Crippen LogP contribution in [0.15, 0.2) is 12.2 Å². The summed E-state index contributed by atoms with van der Waals surface area (Å²) >= 11 is 0. The van der Waals surface area contributed by atoms with Crippen molar-refractivity contribution in [3.05, 3.63) is 12.2 Å². The highest BCUT2D eigenvalue weighted by Crippen LogP contribution is 2.59. The zero-order valence-corrected chi connectivity index (χ0v) is 15.7. The lowest BCUT2D eigenvalue weighted by molar-refractivity contribution is -0.413. The Hall–Kier alpha value is -1.97. The van der Waals surface area contributed by atoms with E-state index in [-0.39, 0.29) is 0 Å². The van der Waals surface area contributed by atoms with Gasteiger partial charge in [0.25, 0.3) is 0 Å². The van der Waals surface area contributed by atoms with Crippen LogP contribution in [0.4, 0.5) is 35.1 Å². The molecule has 174 valence electrons. The molecule has 1 aliphatic rings. The summed E-state index contributed by atoms with van der Waals surface area (Å²) in [5.41, 5.74) is -10.3. The molecule has 0 amide bonds. The van der Waals surface area contributed by atoms with E-state index in [9.17, 15) is 53.1 Å². The summed E-state index contributed by atoms with van der Waals surface area (Å²) < 4.78 is 147. The van der Waals surface area contributed by atoms with Crippen molar-refractivity contribution in [1.29, 1.82) is 0 Å². The predicted molar refractivity (Wildman–Crippen MR) is 79.5 cm³/mol. The molecule has 0 aromatic heterocycles. The molecule has 0 radical (unpaired) electrons. The number of rotatable bonds is 6. The quantitative estimate of drug-likeness (QED) is 0.270. The van der Waals surface area contributed by atoms with Crippen molar-refractivity contribution in [3.63, 3.8) is 0 Å². The number of carbonyl (C=O) groups is 2. The molecular formula is C14H14F8O7S. The van der Waals surface area contributed by atoms with Crippen LogP contribution in [-0.2, 0) is 29.2 Å². The van der Waals surface area contributed by atoms with Gasteiger partial charge < -0.3 is 9.47 Å². The second-order valence-electron chi connectivity index (χ2n) is 6.43. The van der Waals surface area contributed by atoms with Crippen LogP contribution in [-0.4, -0.2) is 53.7 Å². The van der Waals surface area contributed by atoms with E-state index >= 15 is 0 Å². The number of hydrogen-bond donors (Lipinski definition) is 1. The molecule has 1 aliphatic carbocycles. The van der Waals surface area contributed by atoms with Crippen LogP contribution in [0, 0.1) is 0 Å². The van der Waals surface area contributed by atoms with E-state index in [0.717, 1.165) is 6.92 Å². The Labute approximate surface area is 163 Å². The Morgan fingerprint density at radius 3 is 1.67 bits per heavy atom. The van der Waals surface area contributed by atoms with E-state index in [1.165, 1.54) is 0 Å². The predicted octanol–water partition coefficient (Wildman–Crippen LogP) is 3.31. The third kappa shape index (κ3) is 4.10. The van der Waals surface area contributed by atoms with E-state index in [0.29, 0.717) is 0 Å². The van der Waals surface area contributed by atoms with Crippen LogP contribution < -0.4 is 0 Å². The Bertz CT molecular complexity index is 808. The summed E-state index contributed by atoms with van der Waals surface area (Å²) in [5.74, 6) is -5.63. The molecular weight excluding hydrogens is 464 g/mol. The third-order valence-electron chi connectivity index (χ3n) is 4.30. The molecule has 0 bridgehead atoms. The number of ether oxygens (including phenoxy) is 2. The van der Waals surface area contributed by atoms with Gasteiger partial charge in [0.1, 0.15) is 0 Å². The van der Waals surface area contributed by atoms with Gasteiger partial charge in [0.2, 0.25) is 0 Å². The molecule has 0 spiro atoms. The topological polar surface area (TPSA) is 107 Å². The van der Waals surface area contributed by atoms with Crippen molar-refractivity contribution in [2.24, 2.45) is 0 Å². The summed E-state index contributed by atoms with van der Waals surface area (Å²) in [6, 6.07) is 0. The van der Waals surface area contributed by atoms with Crippen LogP contribution >= 0.6 is 0 Å². The van der Waals surface area contributed by atoms with Gasteiger partial charge in [-0.05, 0) is 32.6 Å². The molecule has 1 fully saturated rings. The molecule has 0 aromatic rings. The monoisotopic (exact) mass is 478 g/mol. The van der Waals surface area contributed by atoms with Gasteiger partial charge in [0.15, 0.2) is 5.60 Å². The Kier molecular flexibility index (Phi) is 6.62. The standard InChI is InChI=1S/C14H14F8O7S/c1-7(2)8(23)28-10(5-3-4-6-10)12(13(17,18)19,14(20,21)22)29-9(24)11(15,16)30(25,26)27/h1,3-6H2,2H3,(H,25,26,27). The van der Waals surface area contributed by atoms with Crippen molar-refractivity contribution in [1.82, 2.24) is 0 Å². The molecule has 0 saturated heterocycles. The minimum absolute atomic E-state index is 0.427. The summed E-state index contributed by atoms with van der Waals surface area (Å²) in [7, 11) is -6.81. The fraction of sp³-hybridized carbons (Fsp3) is 0.714. The van der Waals surface area contributed by atoms with Crippen molar-refractivity contribution in [2.75, 3.05) is 0 Å². The summed E-state index contributed by atoms with van der Waals surface area (Å²) in [5, 5.41) is -6.19. The molecule has 0 atom stereocenters. The van der Waals surface area contributed by atoms with Gasteiger partial charge in [-0.15, -0.1) is 0 Å². The van der Waals surface area contributed by atoms with Gasteiger partial charge in [0, 0.05) is 5.57 Å². The smallest absolute Gasteiger partial charge is 0.451 e. The van der Waals surface area contributed by atoms with E-state index in [1.54, 1.807) is 0 Å². The SMILES string of the molecule is C=C(C)C(=O)OC1(C(OC(=O)C(F)(F)S(=O)(=O)O)(C(F)(F)F)C(F)(F)F)CCCC1. The average molecular weight is 478 g/mol. The van der Waals surface area contributed by atoms with E-state index < -0.39 is 82.1 Å². The van der Waals surface area contributed by atoms with Crippen LogP contribution in [0.5, 0.6) is 0 Å². The number of alkyl halides is 8. The average Bonchev–Trinajstić information content (AvgIpc) is 2.97. The number of carbonyl (C=O) groups excluding carboxylic acids is 2. The van der Waals surface area contributed by atoms with Gasteiger partial charge in [-0.3, -0.25) is 4.55 Å². The Morgan fingerprint density at radius 2 is 1.37 bits per heavy atom. The highest BCUT2D eigenvalue weighted by Gasteiger charge is 2.85. The molecule has 0 unspecified atom stereocenters.